The van der Waals surface area contributed by atoms with E-state index in [-0.39, 0.29) is 17.9 Å². The van der Waals surface area contributed by atoms with Crippen LogP contribution in [0.5, 0.6) is 5.75 Å². The standard InChI is InChI=1S/C20H22N2O4S/c1-5-26-14-8-6-13(7-9-14)22-18(24)17-15(10-11-27-17)21(19(22)25)12-16(23)20(2,3)4/h6-11H,5,12H2,1-4H3. The third-order valence-corrected chi connectivity index (χ3v) is 5.19. The molecule has 0 aliphatic heterocycles. The topological polar surface area (TPSA) is 70.3 Å². The van der Waals surface area contributed by atoms with Crippen LogP contribution in [0.25, 0.3) is 15.9 Å². The Bertz CT molecular complexity index is 1100. The predicted octanol–water partition coefficient (Wildman–Crippen LogP) is 3.23. The van der Waals surface area contributed by atoms with E-state index in [2.05, 4.69) is 0 Å². The second-order valence-electron chi connectivity index (χ2n) is 7.24. The normalized spacial score (nSPS) is 11.7. The van der Waals surface area contributed by atoms with Crippen LogP contribution >= 0.6 is 11.3 Å². The van der Waals surface area contributed by atoms with Gasteiger partial charge in [0, 0.05) is 5.41 Å². The molecule has 27 heavy (non-hydrogen) atoms. The zero-order valence-corrected chi connectivity index (χ0v) is 16.6. The number of benzene rings is 1. The minimum atomic E-state index is -0.581. The summed E-state index contributed by atoms with van der Waals surface area (Å²) in [7, 11) is 0. The lowest BCUT2D eigenvalue weighted by Crippen LogP contribution is -2.41. The van der Waals surface area contributed by atoms with Gasteiger partial charge in [-0.05, 0) is 42.6 Å². The van der Waals surface area contributed by atoms with E-state index in [0.29, 0.717) is 28.3 Å². The second kappa shape index (κ2) is 7.15. The van der Waals surface area contributed by atoms with Crippen LogP contribution in [0.15, 0.2) is 45.3 Å². The van der Waals surface area contributed by atoms with Crippen molar-refractivity contribution in [2.24, 2.45) is 5.41 Å². The molecule has 0 aliphatic carbocycles. The first-order chi connectivity index (χ1) is 12.7. The van der Waals surface area contributed by atoms with E-state index in [1.165, 1.54) is 15.9 Å². The van der Waals surface area contributed by atoms with Crippen molar-refractivity contribution in [2.45, 2.75) is 34.2 Å². The van der Waals surface area contributed by atoms with Gasteiger partial charge in [0.2, 0.25) is 0 Å². The van der Waals surface area contributed by atoms with Crippen molar-refractivity contribution in [3.63, 3.8) is 0 Å². The summed E-state index contributed by atoms with van der Waals surface area (Å²) in [4.78, 5) is 38.6. The van der Waals surface area contributed by atoms with Crippen molar-refractivity contribution in [3.8, 4) is 11.4 Å². The zero-order valence-electron chi connectivity index (χ0n) is 15.8. The van der Waals surface area contributed by atoms with E-state index < -0.39 is 11.1 Å². The number of aromatic nitrogens is 2. The lowest BCUT2D eigenvalue weighted by molar-refractivity contribution is -0.126. The molecule has 6 nitrogen and oxygen atoms in total. The summed E-state index contributed by atoms with van der Waals surface area (Å²) >= 11 is 1.26. The van der Waals surface area contributed by atoms with Crippen LogP contribution in [0, 0.1) is 5.41 Å². The molecule has 0 N–H and O–H groups in total. The fourth-order valence-electron chi connectivity index (χ4n) is 2.71. The maximum Gasteiger partial charge on any atom is 0.336 e. The Morgan fingerprint density at radius 1 is 1.11 bits per heavy atom. The maximum absolute atomic E-state index is 13.1. The lowest BCUT2D eigenvalue weighted by atomic mass is 9.91. The molecule has 3 rings (SSSR count). The van der Waals surface area contributed by atoms with Crippen LogP contribution in [0.2, 0.25) is 0 Å². The molecule has 0 radical (unpaired) electrons. The number of fused-ring (bicyclic) bond motifs is 1. The van der Waals surface area contributed by atoms with Crippen LogP contribution in [-0.4, -0.2) is 21.5 Å². The molecule has 142 valence electrons. The molecular formula is C20H22N2O4S. The number of hydrogen-bond donors (Lipinski definition) is 0. The highest BCUT2D eigenvalue weighted by Crippen LogP contribution is 2.20. The highest BCUT2D eigenvalue weighted by atomic mass is 32.1. The molecule has 0 fully saturated rings. The molecule has 3 aromatic rings. The first-order valence-corrected chi connectivity index (χ1v) is 9.61. The summed E-state index contributed by atoms with van der Waals surface area (Å²) < 4.78 is 8.37. The van der Waals surface area contributed by atoms with Crippen molar-refractivity contribution >= 4 is 27.3 Å². The number of nitrogens with zero attached hydrogens (tertiary/aromatic N) is 2. The minimum Gasteiger partial charge on any atom is -0.494 e. The highest BCUT2D eigenvalue weighted by molar-refractivity contribution is 7.17. The molecule has 2 aromatic heterocycles. The summed E-state index contributed by atoms with van der Waals surface area (Å²) in [5.41, 5.74) is -0.543. The highest BCUT2D eigenvalue weighted by Gasteiger charge is 2.24. The van der Waals surface area contributed by atoms with Crippen LogP contribution in [0.4, 0.5) is 0 Å². The molecule has 0 atom stereocenters. The quantitative estimate of drug-likeness (QED) is 0.675. The first-order valence-electron chi connectivity index (χ1n) is 8.73. The van der Waals surface area contributed by atoms with Crippen LogP contribution in [-0.2, 0) is 11.3 Å². The van der Waals surface area contributed by atoms with Crippen LogP contribution < -0.4 is 16.0 Å². The van der Waals surface area contributed by atoms with Gasteiger partial charge in [0.05, 0.1) is 24.4 Å². The second-order valence-corrected chi connectivity index (χ2v) is 8.16. The van der Waals surface area contributed by atoms with Gasteiger partial charge in [-0.3, -0.25) is 14.2 Å². The lowest BCUT2D eigenvalue weighted by Gasteiger charge is -2.18. The van der Waals surface area contributed by atoms with Gasteiger partial charge < -0.3 is 4.74 Å². The maximum atomic E-state index is 13.1. The van der Waals surface area contributed by atoms with Gasteiger partial charge in [-0.2, -0.15) is 0 Å². The van der Waals surface area contributed by atoms with Crippen molar-refractivity contribution < 1.29 is 9.53 Å². The molecule has 1 aromatic carbocycles. The number of ether oxygens (including phenoxy) is 1. The number of carbonyl (C=O) groups excluding carboxylic acids is 1. The van der Waals surface area contributed by atoms with E-state index in [0.717, 1.165) is 4.57 Å². The van der Waals surface area contributed by atoms with Crippen molar-refractivity contribution in [3.05, 3.63) is 56.5 Å². The van der Waals surface area contributed by atoms with Gasteiger partial charge in [0.15, 0.2) is 5.78 Å². The van der Waals surface area contributed by atoms with Crippen LogP contribution in [0.3, 0.4) is 0 Å². The molecule has 0 saturated heterocycles. The number of rotatable bonds is 5. The SMILES string of the molecule is CCOc1ccc(-n2c(=O)c3sccc3n(CC(=O)C(C)(C)C)c2=O)cc1. The van der Waals surface area contributed by atoms with E-state index in [1.807, 2.05) is 27.7 Å². The van der Waals surface area contributed by atoms with E-state index in [1.54, 1.807) is 35.7 Å². The number of thiophene rings is 1. The molecule has 0 spiro atoms. The Morgan fingerprint density at radius 3 is 2.37 bits per heavy atom. The van der Waals surface area contributed by atoms with Gasteiger partial charge in [-0.15, -0.1) is 11.3 Å². The number of Topliss-reactive ketones (excluding diaryl/α,β-unsaturated/α-hetero) is 1. The largest absolute Gasteiger partial charge is 0.494 e. The Hall–Kier alpha value is -2.67. The van der Waals surface area contributed by atoms with Gasteiger partial charge in [-0.1, -0.05) is 20.8 Å². The molecule has 0 bridgehead atoms. The predicted molar refractivity (Wildman–Crippen MR) is 107 cm³/mol. The fourth-order valence-corrected chi connectivity index (χ4v) is 3.53. The Balaban J connectivity index is 2.20. The fraction of sp³-hybridized carbons (Fsp3) is 0.350. The molecule has 0 saturated carbocycles. The number of carbonyl (C=O) groups is 1. The summed E-state index contributed by atoms with van der Waals surface area (Å²) in [6, 6.07) is 8.48. The van der Waals surface area contributed by atoms with E-state index >= 15 is 0 Å². The number of ketones is 1. The van der Waals surface area contributed by atoms with Gasteiger partial charge in [0.1, 0.15) is 10.4 Å². The number of hydrogen-bond acceptors (Lipinski definition) is 5. The van der Waals surface area contributed by atoms with Gasteiger partial charge in [0.25, 0.3) is 5.56 Å². The van der Waals surface area contributed by atoms with E-state index in [4.69, 9.17) is 4.74 Å². The average Bonchev–Trinajstić information content (AvgIpc) is 3.09. The Labute approximate surface area is 160 Å². The molecule has 7 heteroatoms. The van der Waals surface area contributed by atoms with Gasteiger partial charge in [-0.25, -0.2) is 9.36 Å². The summed E-state index contributed by atoms with van der Waals surface area (Å²) in [5.74, 6) is 0.587. The molecular weight excluding hydrogens is 364 g/mol. The van der Waals surface area contributed by atoms with Crippen molar-refractivity contribution in [2.75, 3.05) is 6.61 Å². The smallest absolute Gasteiger partial charge is 0.336 e. The van der Waals surface area contributed by atoms with Gasteiger partial charge >= 0.3 is 5.69 Å². The summed E-state index contributed by atoms with van der Waals surface area (Å²) in [5, 5.41) is 1.76. The molecule has 0 unspecified atom stereocenters. The molecule has 0 amide bonds. The Kier molecular flexibility index (Phi) is 5.06. The third kappa shape index (κ3) is 3.60. The van der Waals surface area contributed by atoms with Crippen molar-refractivity contribution in [1.82, 2.24) is 9.13 Å². The first kappa shape index (κ1) is 19.1. The molecule has 2 heterocycles. The monoisotopic (exact) mass is 386 g/mol. The van der Waals surface area contributed by atoms with Crippen LogP contribution in [0.1, 0.15) is 27.7 Å². The van der Waals surface area contributed by atoms with Crippen molar-refractivity contribution in [1.29, 1.82) is 0 Å². The minimum absolute atomic E-state index is 0.0750. The summed E-state index contributed by atoms with van der Waals surface area (Å²) in [6.45, 7) is 7.78. The third-order valence-electron chi connectivity index (χ3n) is 4.30. The average molecular weight is 386 g/mol. The Morgan fingerprint density at radius 2 is 1.78 bits per heavy atom. The molecule has 0 aliphatic rings. The van der Waals surface area contributed by atoms with E-state index in [9.17, 15) is 14.4 Å². The summed E-state index contributed by atoms with van der Waals surface area (Å²) in [6.07, 6.45) is 0. The zero-order chi connectivity index (χ0) is 19.8.